The van der Waals surface area contributed by atoms with Crippen molar-refractivity contribution in [3.63, 3.8) is 0 Å². The zero-order valence-electron chi connectivity index (χ0n) is 23.9. The van der Waals surface area contributed by atoms with Gasteiger partial charge in [0.15, 0.2) is 22.7 Å². The highest BCUT2D eigenvalue weighted by atomic mass is 32.2. The van der Waals surface area contributed by atoms with Gasteiger partial charge >= 0.3 is 5.97 Å². The van der Waals surface area contributed by atoms with Crippen LogP contribution >= 0.6 is 46.2 Å². The number of amides is 2. The van der Waals surface area contributed by atoms with Crippen LogP contribution in [0, 0.1) is 12.8 Å². The molecule has 6 N–H and O–H groups in total. The number of carboxylic acid groups (broad SMARTS) is 1. The number of hydrogen-bond donors (Lipinski definition) is 5. The number of carbonyl (C=O) groups is 3. The molecule has 238 valence electrons. The van der Waals surface area contributed by atoms with E-state index in [-0.39, 0.29) is 33.8 Å². The van der Waals surface area contributed by atoms with E-state index in [4.69, 9.17) is 10.6 Å². The molecular weight excluding hydrogens is 667 g/mol. The molecule has 5 rings (SSSR count). The molecule has 0 radical (unpaired) electrons. The number of nitrogens with one attached hydrogen (secondary N) is 1. The molecule has 0 aliphatic carbocycles. The molecule has 45 heavy (non-hydrogen) atoms. The first-order valence-corrected chi connectivity index (χ1v) is 17.0. The Morgan fingerprint density at radius 2 is 2.02 bits per heavy atom. The zero-order chi connectivity index (χ0) is 32.6. The van der Waals surface area contributed by atoms with Gasteiger partial charge in [0.25, 0.3) is 11.8 Å². The molecule has 3 aromatic heterocycles. The first-order chi connectivity index (χ1) is 21.3. The number of carboxylic acids is 1. The van der Waals surface area contributed by atoms with Crippen molar-refractivity contribution in [3.8, 4) is 5.75 Å². The maximum absolute atomic E-state index is 13.5. The molecule has 2 aliphatic heterocycles. The number of fused-ring (bicyclic) bond motifs is 1. The summed E-state index contributed by atoms with van der Waals surface area (Å²) in [6.45, 7) is 5.31. The summed E-state index contributed by atoms with van der Waals surface area (Å²) in [4.78, 5) is 66.5. The molecule has 3 aromatic rings. The van der Waals surface area contributed by atoms with Gasteiger partial charge < -0.3 is 31.3 Å². The molecule has 19 heteroatoms. The van der Waals surface area contributed by atoms with Crippen molar-refractivity contribution in [2.45, 2.75) is 42.6 Å². The summed E-state index contributed by atoms with van der Waals surface area (Å²) in [7, 11) is 0. The minimum atomic E-state index is -1.24. The summed E-state index contributed by atoms with van der Waals surface area (Å²) < 4.78 is 1.32. The van der Waals surface area contributed by atoms with Gasteiger partial charge in [0, 0.05) is 34.0 Å². The van der Waals surface area contributed by atoms with E-state index in [0.717, 1.165) is 33.6 Å². The summed E-state index contributed by atoms with van der Waals surface area (Å²) in [5.41, 5.74) is 6.03. The van der Waals surface area contributed by atoms with Crippen molar-refractivity contribution >= 4 is 74.8 Å². The number of aliphatic carboxylic acids is 1. The number of carbonyl (C=O) groups excluding carboxylic acids is 2. The number of pyridine rings is 1. The summed E-state index contributed by atoms with van der Waals surface area (Å²) in [6, 6.07) is -0.0782. The van der Waals surface area contributed by atoms with E-state index in [2.05, 4.69) is 20.4 Å². The van der Waals surface area contributed by atoms with Crippen LogP contribution in [0.1, 0.15) is 37.0 Å². The number of oxime groups is 1. The van der Waals surface area contributed by atoms with Crippen molar-refractivity contribution in [2.24, 2.45) is 11.1 Å². The fourth-order valence-corrected chi connectivity index (χ4v) is 8.40. The zero-order valence-corrected chi connectivity index (χ0v) is 27.1. The molecule has 2 amide bonds. The van der Waals surface area contributed by atoms with E-state index < -0.39 is 46.5 Å². The Morgan fingerprint density at radius 3 is 2.64 bits per heavy atom. The third-order valence-corrected chi connectivity index (χ3v) is 10.9. The number of β-lactam (4-membered cyclic amide) rings is 1. The lowest BCUT2D eigenvalue weighted by atomic mass is 10.0. The van der Waals surface area contributed by atoms with Crippen LogP contribution in [0.5, 0.6) is 5.75 Å². The van der Waals surface area contributed by atoms with Crippen LogP contribution in [0.25, 0.3) is 0 Å². The average Bonchev–Trinajstić information content (AvgIpc) is 3.61. The Labute approximate surface area is 271 Å². The van der Waals surface area contributed by atoms with Crippen LogP contribution in [-0.2, 0) is 19.2 Å². The van der Waals surface area contributed by atoms with E-state index >= 15 is 0 Å². The fraction of sp³-hybridized carbons (Fsp3) is 0.346. The Morgan fingerprint density at radius 1 is 1.27 bits per heavy atom. The molecule has 1 saturated heterocycles. The topological polar surface area (TPSA) is 223 Å². The highest BCUT2D eigenvalue weighted by Crippen LogP contribution is 2.42. The number of thiazole rings is 2. The van der Waals surface area contributed by atoms with Gasteiger partial charge in [-0.2, -0.15) is 4.73 Å². The Bertz CT molecular complexity index is 1780. The maximum atomic E-state index is 13.5. The first-order valence-electron chi connectivity index (χ1n) is 13.2. The maximum Gasteiger partial charge on any atom is 0.352 e. The average molecular weight is 694 g/mol. The number of nitrogen functional groups attached to an aromatic ring is 1. The molecule has 0 bridgehead atoms. The number of aromatic hydroxyl groups is 1. The van der Waals surface area contributed by atoms with Crippen LogP contribution in [0.4, 0.5) is 5.13 Å². The predicted octanol–water partition coefficient (Wildman–Crippen LogP) is 2.24. The highest BCUT2D eigenvalue weighted by molar-refractivity contribution is 8.01. The van der Waals surface area contributed by atoms with Crippen molar-refractivity contribution in [3.05, 3.63) is 61.6 Å². The molecule has 0 aromatic carbocycles. The van der Waals surface area contributed by atoms with E-state index in [1.165, 1.54) is 45.1 Å². The monoisotopic (exact) mass is 693 g/mol. The molecule has 3 atom stereocenters. The van der Waals surface area contributed by atoms with Crippen LogP contribution in [-0.4, -0.2) is 81.4 Å². The molecule has 5 heterocycles. The predicted molar refractivity (Wildman–Crippen MR) is 169 cm³/mol. The van der Waals surface area contributed by atoms with Gasteiger partial charge in [-0.15, -0.1) is 34.4 Å². The van der Waals surface area contributed by atoms with Gasteiger partial charge in [0.2, 0.25) is 5.43 Å². The van der Waals surface area contributed by atoms with Crippen molar-refractivity contribution < 1.29 is 34.6 Å². The summed E-state index contributed by atoms with van der Waals surface area (Å²) in [5.74, 6) is -3.06. The van der Waals surface area contributed by atoms with E-state index in [1.54, 1.807) is 13.8 Å². The van der Waals surface area contributed by atoms with Crippen molar-refractivity contribution in [1.82, 2.24) is 24.9 Å². The van der Waals surface area contributed by atoms with Gasteiger partial charge in [0.1, 0.15) is 32.8 Å². The number of hydrogen-bond acceptors (Lipinski definition) is 15. The molecule has 15 nitrogen and oxygen atoms in total. The second kappa shape index (κ2) is 13.1. The molecule has 0 saturated carbocycles. The van der Waals surface area contributed by atoms with Gasteiger partial charge in [-0.3, -0.25) is 19.3 Å². The third-order valence-electron chi connectivity index (χ3n) is 6.68. The van der Waals surface area contributed by atoms with Crippen molar-refractivity contribution in [2.75, 3.05) is 17.2 Å². The normalized spacial score (nSPS) is 18.9. The minimum Gasteiger partial charge on any atom is -0.503 e. The molecule has 2 aliphatic rings. The van der Waals surface area contributed by atoms with Crippen LogP contribution < -0.4 is 16.5 Å². The Hall–Kier alpha value is -4.07. The van der Waals surface area contributed by atoms with E-state index in [0.29, 0.717) is 21.8 Å². The highest BCUT2D eigenvalue weighted by Gasteiger charge is 2.54. The van der Waals surface area contributed by atoms with Gasteiger partial charge in [-0.05, 0) is 18.4 Å². The van der Waals surface area contributed by atoms with Crippen LogP contribution in [0.2, 0.25) is 0 Å². The third kappa shape index (κ3) is 6.65. The summed E-state index contributed by atoms with van der Waals surface area (Å²) in [6.07, 6.45) is -0.237. The number of aryl methyl sites for hydroxylation is 1. The van der Waals surface area contributed by atoms with Crippen LogP contribution in [0.15, 0.2) is 48.6 Å². The van der Waals surface area contributed by atoms with E-state index in [1.807, 2.05) is 12.3 Å². The van der Waals surface area contributed by atoms with Gasteiger partial charge in [-0.25, -0.2) is 14.8 Å². The second-order valence-corrected chi connectivity index (χ2v) is 14.3. The number of aromatic nitrogens is 3. The fourth-order valence-electron chi connectivity index (χ4n) is 4.52. The van der Waals surface area contributed by atoms with Gasteiger partial charge in [0.05, 0.1) is 6.20 Å². The summed E-state index contributed by atoms with van der Waals surface area (Å²) in [5, 5.41) is 39.4. The molecule has 1 unspecified atom stereocenters. The quantitative estimate of drug-likeness (QED) is 0.0640. The minimum absolute atomic E-state index is 0.0375. The number of rotatable bonds is 11. The summed E-state index contributed by atoms with van der Waals surface area (Å²) >= 11 is 5.22. The largest absolute Gasteiger partial charge is 0.503 e. The molecular formula is C26H27N7O8S4. The molecule has 1 fully saturated rings. The SMILES string of the molecule is Cc1csc(SCC2=C(C(=O)O)N3C(=O)[C@@H](NC(=O)/C(=N\OC(c4cc(=O)c(O)cn4O)C(C)C)c4csc(N)n4)[C@H]3SC2)n1. The lowest BCUT2D eigenvalue weighted by Crippen LogP contribution is -2.71. The van der Waals surface area contributed by atoms with E-state index in [9.17, 15) is 34.6 Å². The van der Waals surface area contributed by atoms with Crippen LogP contribution in [0.3, 0.4) is 0 Å². The Kier molecular flexibility index (Phi) is 9.42. The number of nitrogens with two attached hydrogens (primary N) is 1. The lowest BCUT2D eigenvalue weighted by Gasteiger charge is -2.49. The Balaban J connectivity index is 1.36. The number of nitrogens with zero attached hydrogens (tertiary/aromatic N) is 5. The smallest absolute Gasteiger partial charge is 0.352 e. The van der Waals surface area contributed by atoms with Crippen molar-refractivity contribution in [1.29, 1.82) is 0 Å². The standard InChI is InChI=1S/C26H27N7O8S4/c1-10(2)20(14-4-15(34)16(35)5-32(14)40)41-31-17(13-9-43-25(27)29-13)21(36)30-18-22(37)33-19(24(38)39)12(7-42-23(18)33)8-45-26-28-11(3)6-44-26/h4-6,9-10,18,20,23,35,40H,7-8H2,1-3H3,(H2,27,29)(H,30,36)(H,38,39)/b31-17-/t18-,20?,23-/m1/s1. The second-order valence-electron chi connectivity index (χ2n) is 10.2. The molecule has 0 spiro atoms. The number of thioether (sulfide) groups is 2. The first kappa shape index (κ1) is 32.3. The lowest BCUT2D eigenvalue weighted by molar-refractivity contribution is -0.150. The van der Waals surface area contributed by atoms with Gasteiger partial charge in [-0.1, -0.05) is 30.8 Å². The number of anilines is 1.